The van der Waals surface area contributed by atoms with E-state index in [0.29, 0.717) is 0 Å². The Bertz CT molecular complexity index is 2960. The number of para-hydroxylation sites is 2. The molecule has 2 heterocycles. The maximum Gasteiger partial charge on any atom is 0.0547 e. The average molecular weight is 623 g/mol. The molecule has 2 nitrogen and oxygen atoms in total. The summed E-state index contributed by atoms with van der Waals surface area (Å²) in [5, 5.41) is 7.68. The van der Waals surface area contributed by atoms with Gasteiger partial charge in [-0.15, -0.1) is 0 Å². The van der Waals surface area contributed by atoms with Crippen molar-refractivity contribution in [1.29, 1.82) is 0 Å². The number of fused-ring (bicyclic) bond motifs is 11. The fourth-order valence-corrected chi connectivity index (χ4v) is 8.51. The molecule has 11 rings (SSSR count). The van der Waals surface area contributed by atoms with Crippen LogP contribution in [0.25, 0.3) is 88.0 Å². The topological polar surface area (TPSA) is 9.86 Å². The highest BCUT2D eigenvalue weighted by molar-refractivity contribution is 6.18. The zero-order chi connectivity index (χ0) is 32.1. The molecule has 8 aromatic carbocycles. The summed E-state index contributed by atoms with van der Waals surface area (Å²) in [6.07, 6.45) is 0.983. The molecule has 0 bridgehead atoms. The van der Waals surface area contributed by atoms with E-state index >= 15 is 0 Å². The lowest BCUT2D eigenvalue weighted by Crippen LogP contribution is -1.94. The Hall–Kier alpha value is -6.38. The maximum atomic E-state index is 2.44. The van der Waals surface area contributed by atoms with Crippen LogP contribution in [0.4, 0.5) is 0 Å². The number of rotatable bonds is 3. The molecular weight excluding hydrogens is 593 g/mol. The van der Waals surface area contributed by atoms with E-state index in [-0.39, 0.29) is 0 Å². The lowest BCUT2D eigenvalue weighted by Gasteiger charge is -2.10. The number of hydrogen-bond acceptors (Lipinski definition) is 0. The van der Waals surface area contributed by atoms with Crippen molar-refractivity contribution in [2.75, 3.05) is 0 Å². The van der Waals surface area contributed by atoms with E-state index < -0.39 is 0 Å². The van der Waals surface area contributed by atoms with E-state index in [0.717, 1.165) is 6.42 Å². The van der Waals surface area contributed by atoms with Gasteiger partial charge in [-0.3, -0.25) is 0 Å². The van der Waals surface area contributed by atoms with Crippen LogP contribution in [0.1, 0.15) is 11.1 Å². The summed E-state index contributed by atoms with van der Waals surface area (Å²) in [6, 6.07) is 62.7. The summed E-state index contributed by atoms with van der Waals surface area (Å²) in [5.41, 5.74) is 15.3. The van der Waals surface area contributed by atoms with Gasteiger partial charge in [-0.05, 0) is 111 Å². The van der Waals surface area contributed by atoms with Crippen LogP contribution < -0.4 is 0 Å². The molecule has 1 aliphatic carbocycles. The molecule has 0 saturated carbocycles. The zero-order valence-electron chi connectivity index (χ0n) is 26.8. The second-order valence-electron chi connectivity index (χ2n) is 13.3. The molecular formula is C47H30N2. The fraction of sp³-hybridized carbons (Fsp3) is 0.0213. The molecule has 49 heavy (non-hydrogen) atoms. The first-order chi connectivity index (χ1) is 24.3. The fourth-order valence-electron chi connectivity index (χ4n) is 8.51. The third-order valence-electron chi connectivity index (χ3n) is 10.7. The highest BCUT2D eigenvalue weighted by atomic mass is 15.0. The molecule has 0 saturated heterocycles. The molecule has 2 heteroatoms. The first kappa shape index (κ1) is 26.7. The molecule has 228 valence electrons. The molecule has 0 N–H and O–H groups in total. The van der Waals surface area contributed by atoms with Gasteiger partial charge in [0, 0.05) is 32.9 Å². The van der Waals surface area contributed by atoms with Crippen molar-refractivity contribution in [3.05, 3.63) is 181 Å². The predicted octanol–water partition coefficient (Wildman–Crippen LogP) is 12.3. The molecule has 1 aliphatic rings. The van der Waals surface area contributed by atoms with Crippen molar-refractivity contribution in [2.45, 2.75) is 6.42 Å². The molecule has 0 amide bonds. The van der Waals surface area contributed by atoms with E-state index in [1.165, 1.54) is 99.1 Å². The Morgan fingerprint density at radius 2 is 1.02 bits per heavy atom. The lowest BCUT2D eigenvalue weighted by atomic mass is 9.96. The summed E-state index contributed by atoms with van der Waals surface area (Å²) >= 11 is 0. The van der Waals surface area contributed by atoms with Gasteiger partial charge in [-0.25, -0.2) is 0 Å². The predicted molar refractivity (Wildman–Crippen MR) is 206 cm³/mol. The lowest BCUT2D eigenvalue weighted by molar-refractivity contribution is 1.18. The van der Waals surface area contributed by atoms with Gasteiger partial charge in [-0.1, -0.05) is 109 Å². The Labute approximate surface area is 283 Å². The number of aromatic nitrogens is 2. The Kier molecular flexibility index (Phi) is 5.47. The summed E-state index contributed by atoms with van der Waals surface area (Å²) in [6.45, 7) is 0. The first-order valence-corrected chi connectivity index (χ1v) is 17.1. The van der Waals surface area contributed by atoms with Gasteiger partial charge in [0.05, 0.1) is 22.1 Å². The van der Waals surface area contributed by atoms with Crippen LogP contribution in [0.15, 0.2) is 170 Å². The van der Waals surface area contributed by atoms with Crippen molar-refractivity contribution < 1.29 is 0 Å². The standard InChI is InChI=1S/C47H30N2/c1-2-13-36(14-3-1)48-44-24-20-33(29-41(44)47-45(48)25-21-35-26-34-12-6-7-15-38(34)46(35)47)32-19-23-43-40(28-32)39-16-8-9-17-42(39)49(43)37-22-18-30-10-4-5-11-31(30)27-37/h1-25,27-29H,26H2. The minimum atomic E-state index is 0.983. The summed E-state index contributed by atoms with van der Waals surface area (Å²) in [5.74, 6) is 0. The molecule has 0 spiro atoms. The SMILES string of the molecule is c1ccc(-n2c3ccc(-c4ccc5c(c4)c4ccccc4n5-c4ccc5ccccc5c4)cc3c3c4c(ccc32)Cc2ccccc2-4)cc1. The Morgan fingerprint density at radius 3 is 1.90 bits per heavy atom. The minimum Gasteiger partial charge on any atom is -0.309 e. The number of hydrogen-bond donors (Lipinski definition) is 0. The third-order valence-corrected chi connectivity index (χ3v) is 10.7. The molecule has 0 aliphatic heterocycles. The number of nitrogens with zero attached hydrogens (tertiary/aromatic N) is 2. The van der Waals surface area contributed by atoms with Crippen LogP contribution in [0.5, 0.6) is 0 Å². The van der Waals surface area contributed by atoms with Gasteiger partial charge in [0.15, 0.2) is 0 Å². The quantitative estimate of drug-likeness (QED) is 0.186. The Morgan fingerprint density at radius 1 is 0.367 bits per heavy atom. The van der Waals surface area contributed by atoms with Crippen LogP contribution in [0.2, 0.25) is 0 Å². The van der Waals surface area contributed by atoms with E-state index in [1.54, 1.807) is 0 Å². The van der Waals surface area contributed by atoms with Gasteiger partial charge in [-0.2, -0.15) is 0 Å². The summed E-state index contributed by atoms with van der Waals surface area (Å²) in [7, 11) is 0. The minimum absolute atomic E-state index is 0.983. The molecule has 0 fully saturated rings. The van der Waals surface area contributed by atoms with Crippen LogP contribution in [0, 0.1) is 0 Å². The molecule has 0 radical (unpaired) electrons. The smallest absolute Gasteiger partial charge is 0.0547 e. The third kappa shape index (κ3) is 3.83. The van der Waals surface area contributed by atoms with Crippen LogP contribution in [-0.4, -0.2) is 9.13 Å². The maximum absolute atomic E-state index is 2.44. The van der Waals surface area contributed by atoms with E-state index in [2.05, 4.69) is 179 Å². The molecule has 10 aromatic rings. The van der Waals surface area contributed by atoms with Crippen LogP contribution in [0.3, 0.4) is 0 Å². The van der Waals surface area contributed by atoms with Crippen molar-refractivity contribution in [2.24, 2.45) is 0 Å². The van der Waals surface area contributed by atoms with Crippen LogP contribution in [-0.2, 0) is 6.42 Å². The molecule has 2 aromatic heterocycles. The second kappa shape index (κ2) is 10.1. The van der Waals surface area contributed by atoms with Gasteiger partial charge >= 0.3 is 0 Å². The monoisotopic (exact) mass is 622 g/mol. The zero-order valence-corrected chi connectivity index (χ0v) is 26.8. The van der Waals surface area contributed by atoms with Crippen molar-refractivity contribution in [3.8, 4) is 33.6 Å². The average Bonchev–Trinajstić information content (AvgIpc) is 3.82. The summed E-state index contributed by atoms with van der Waals surface area (Å²) < 4.78 is 4.86. The largest absolute Gasteiger partial charge is 0.309 e. The normalized spacial score (nSPS) is 12.4. The van der Waals surface area contributed by atoms with Crippen LogP contribution >= 0.6 is 0 Å². The van der Waals surface area contributed by atoms with Crippen molar-refractivity contribution in [1.82, 2.24) is 9.13 Å². The second-order valence-corrected chi connectivity index (χ2v) is 13.3. The molecule has 0 unspecified atom stereocenters. The molecule has 0 atom stereocenters. The van der Waals surface area contributed by atoms with Gasteiger partial charge < -0.3 is 9.13 Å². The van der Waals surface area contributed by atoms with E-state index in [4.69, 9.17) is 0 Å². The van der Waals surface area contributed by atoms with E-state index in [9.17, 15) is 0 Å². The van der Waals surface area contributed by atoms with Gasteiger partial charge in [0.2, 0.25) is 0 Å². The van der Waals surface area contributed by atoms with Gasteiger partial charge in [0.25, 0.3) is 0 Å². The highest BCUT2D eigenvalue weighted by Crippen LogP contribution is 2.46. The van der Waals surface area contributed by atoms with Crippen molar-refractivity contribution in [3.63, 3.8) is 0 Å². The van der Waals surface area contributed by atoms with E-state index in [1.807, 2.05) is 0 Å². The first-order valence-electron chi connectivity index (χ1n) is 17.1. The Balaban J connectivity index is 1.16. The number of benzene rings is 8. The highest BCUT2D eigenvalue weighted by Gasteiger charge is 2.25. The van der Waals surface area contributed by atoms with Gasteiger partial charge in [0.1, 0.15) is 0 Å². The summed E-state index contributed by atoms with van der Waals surface area (Å²) in [4.78, 5) is 0. The van der Waals surface area contributed by atoms with Crippen molar-refractivity contribution >= 4 is 54.4 Å².